The molecule has 2 rings (SSSR count). The molecule has 1 atom stereocenters. The van der Waals surface area contributed by atoms with Crippen molar-refractivity contribution in [3.63, 3.8) is 0 Å². The summed E-state index contributed by atoms with van der Waals surface area (Å²) in [5.74, 6) is -0.104. The van der Waals surface area contributed by atoms with Crippen molar-refractivity contribution in [1.82, 2.24) is 9.97 Å². The molecule has 0 spiro atoms. The molecule has 1 unspecified atom stereocenters. The number of aromatic nitrogens is 2. The van der Waals surface area contributed by atoms with Crippen LogP contribution in [0, 0.1) is 0 Å². The molecule has 1 N–H and O–H groups in total. The second kappa shape index (κ2) is 5.86. The van der Waals surface area contributed by atoms with E-state index in [2.05, 4.69) is 28.7 Å². The van der Waals surface area contributed by atoms with E-state index in [0.29, 0.717) is 11.6 Å². The number of carbonyl (C=O) groups is 1. The molecule has 5 nitrogen and oxygen atoms in total. The van der Waals surface area contributed by atoms with Crippen molar-refractivity contribution >= 4 is 22.7 Å². The first-order valence-corrected chi connectivity index (χ1v) is 6.75. The Hall–Kier alpha value is -2.17. The van der Waals surface area contributed by atoms with Crippen LogP contribution in [0.1, 0.15) is 37.0 Å². The van der Waals surface area contributed by atoms with Gasteiger partial charge < -0.3 is 10.0 Å². The molecular formula is C15H19N3O2. The molecule has 5 heteroatoms. The molecule has 0 saturated heterocycles. The van der Waals surface area contributed by atoms with E-state index in [0.717, 1.165) is 24.0 Å². The lowest BCUT2D eigenvalue weighted by atomic mass is 10.1. The fourth-order valence-corrected chi connectivity index (χ4v) is 2.28. The van der Waals surface area contributed by atoms with Gasteiger partial charge in [-0.25, -0.2) is 14.8 Å². The molecule has 106 valence electrons. The normalized spacial score (nSPS) is 12.3. The fraction of sp³-hybridized carbons (Fsp3) is 0.400. The maximum Gasteiger partial charge on any atom is 0.335 e. The highest BCUT2D eigenvalue weighted by Crippen LogP contribution is 2.25. The van der Waals surface area contributed by atoms with E-state index in [9.17, 15) is 4.79 Å². The minimum atomic E-state index is -0.945. The number of fused-ring (bicyclic) bond motifs is 1. The maximum absolute atomic E-state index is 11.0. The van der Waals surface area contributed by atoms with E-state index < -0.39 is 5.97 Å². The Labute approximate surface area is 118 Å². The van der Waals surface area contributed by atoms with Gasteiger partial charge in [0.25, 0.3) is 0 Å². The van der Waals surface area contributed by atoms with Gasteiger partial charge in [-0.05, 0) is 31.5 Å². The van der Waals surface area contributed by atoms with Crippen LogP contribution in [0.15, 0.2) is 24.5 Å². The molecular weight excluding hydrogens is 254 g/mol. The van der Waals surface area contributed by atoms with Crippen LogP contribution in [0.2, 0.25) is 0 Å². The number of aromatic carboxylic acids is 1. The molecule has 1 heterocycles. The summed E-state index contributed by atoms with van der Waals surface area (Å²) >= 11 is 0. The molecule has 0 saturated carbocycles. The lowest BCUT2D eigenvalue weighted by Crippen LogP contribution is -2.29. The van der Waals surface area contributed by atoms with Gasteiger partial charge in [-0.1, -0.05) is 13.3 Å². The first-order valence-electron chi connectivity index (χ1n) is 6.75. The Morgan fingerprint density at radius 1 is 1.40 bits per heavy atom. The van der Waals surface area contributed by atoms with E-state index in [-0.39, 0.29) is 5.56 Å². The average molecular weight is 273 g/mol. The molecule has 1 aromatic heterocycles. The van der Waals surface area contributed by atoms with Crippen molar-refractivity contribution in [2.75, 3.05) is 11.9 Å². The van der Waals surface area contributed by atoms with Crippen LogP contribution in [0.4, 0.5) is 5.82 Å². The summed E-state index contributed by atoms with van der Waals surface area (Å²) in [6, 6.07) is 5.33. The summed E-state index contributed by atoms with van der Waals surface area (Å²) in [7, 11) is 2.01. The Morgan fingerprint density at radius 3 is 2.80 bits per heavy atom. The van der Waals surface area contributed by atoms with Gasteiger partial charge in [0, 0.05) is 18.5 Å². The SMILES string of the molecule is CCCC(C)N(C)c1ncnc2cc(C(=O)O)ccc12. The van der Waals surface area contributed by atoms with E-state index in [4.69, 9.17) is 5.11 Å². The van der Waals surface area contributed by atoms with Crippen LogP contribution in [0.3, 0.4) is 0 Å². The van der Waals surface area contributed by atoms with Crippen LogP contribution in [-0.4, -0.2) is 34.1 Å². The second-order valence-electron chi connectivity index (χ2n) is 4.98. The van der Waals surface area contributed by atoms with E-state index in [1.54, 1.807) is 18.2 Å². The Bertz CT molecular complexity index is 628. The predicted octanol–water partition coefficient (Wildman–Crippen LogP) is 2.95. The van der Waals surface area contributed by atoms with Crippen LogP contribution in [-0.2, 0) is 0 Å². The number of hydrogen-bond acceptors (Lipinski definition) is 4. The van der Waals surface area contributed by atoms with Gasteiger partial charge in [0.15, 0.2) is 0 Å². The molecule has 2 aromatic rings. The smallest absolute Gasteiger partial charge is 0.335 e. The van der Waals surface area contributed by atoms with Gasteiger partial charge in [0.2, 0.25) is 0 Å². The summed E-state index contributed by atoms with van der Waals surface area (Å²) in [6.07, 6.45) is 3.67. The minimum absolute atomic E-state index is 0.242. The number of nitrogens with zero attached hydrogens (tertiary/aromatic N) is 3. The number of hydrogen-bond donors (Lipinski definition) is 1. The van der Waals surface area contributed by atoms with E-state index >= 15 is 0 Å². The summed E-state index contributed by atoms with van der Waals surface area (Å²) in [5, 5.41) is 9.90. The van der Waals surface area contributed by atoms with Gasteiger partial charge in [-0.2, -0.15) is 0 Å². The minimum Gasteiger partial charge on any atom is -0.478 e. The number of carboxylic acid groups (broad SMARTS) is 1. The lowest BCUT2D eigenvalue weighted by Gasteiger charge is -2.26. The highest BCUT2D eigenvalue weighted by Gasteiger charge is 2.15. The van der Waals surface area contributed by atoms with Crippen LogP contribution >= 0.6 is 0 Å². The molecule has 1 aromatic carbocycles. The van der Waals surface area contributed by atoms with Gasteiger partial charge in [0.1, 0.15) is 12.1 Å². The molecule has 0 aliphatic rings. The molecule has 0 bridgehead atoms. The zero-order valence-corrected chi connectivity index (χ0v) is 12.0. The standard InChI is InChI=1S/C15H19N3O2/c1-4-5-10(2)18(3)14-12-7-6-11(15(19)20)8-13(12)16-9-17-14/h6-10H,4-5H2,1-3H3,(H,19,20). The van der Waals surface area contributed by atoms with Crippen LogP contribution < -0.4 is 4.90 Å². The van der Waals surface area contributed by atoms with Gasteiger partial charge >= 0.3 is 5.97 Å². The predicted molar refractivity (Wildman–Crippen MR) is 79.3 cm³/mol. The second-order valence-corrected chi connectivity index (χ2v) is 4.98. The van der Waals surface area contributed by atoms with E-state index in [1.807, 2.05) is 7.05 Å². The lowest BCUT2D eigenvalue weighted by molar-refractivity contribution is 0.0697. The van der Waals surface area contributed by atoms with Crippen molar-refractivity contribution in [2.45, 2.75) is 32.7 Å². The summed E-state index contributed by atoms with van der Waals surface area (Å²) in [4.78, 5) is 21.6. The number of rotatable bonds is 5. The van der Waals surface area contributed by atoms with Gasteiger partial charge in [-0.15, -0.1) is 0 Å². The third kappa shape index (κ3) is 2.71. The molecule has 0 aliphatic carbocycles. The van der Waals surface area contributed by atoms with Crippen LogP contribution in [0.5, 0.6) is 0 Å². The summed E-state index contributed by atoms with van der Waals surface area (Å²) < 4.78 is 0. The highest BCUT2D eigenvalue weighted by atomic mass is 16.4. The first kappa shape index (κ1) is 14.2. The molecule has 0 radical (unpaired) electrons. The van der Waals surface area contributed by atoms with E-state index in [1.165, 1.54) is 6.33 Å². The maximum atomic E-state index is 11.0. The third-order valence-electron chi connectivity index (χ3n) is 3.56. The molecule has 0 aliphatic heterocycles. The molecule has 20 heavy (non-hydrogen) atoms. The Morgan fingerprint density at radius 2 is 2.15 bits per heavy atom. The quantitative estimate of drug-likeness (QED) is 0.907. The summed E-state index contributed by atoms with van der Waals surface area (Å²) in [5.41, 5.74) is 0.900. The average Bonchev–Trinajstić information content (AvgIpc) is 2.45. The van der Waals surface area contributed by atoms with Gasteiger partial charge in [0.05, 0.1) is 11.1 Å². The number of carboxylic acids is 1. The molecule has 0 fully saturated rings. The Kier molecular flexibility index (Phi) is 4.17. The van der Waals surface area contributed by atoms with Crippen molar-refractivity contribution in [2.24, 2.45) is 0 Å². The first-order chi connectivity index (χ1) is 9.54. The van der Waals surface area contributed by atoms with Crippen LogP contribution in [0.25, 0.3) is 10.9 Å². The zero-order valence-electron chi connectivity index (χ0n) is 12.0. The van der Waals surface area contributed by atoms with Crippen molar-refractivity contribution in [3.8, 4) is 0 Å². The Balaban J connectivity index is 2.47. The van der Waals surface area contributed by atoms with Gasteiger partial charge in [-0.3, -0.25) is 0 Å². The van der Waals surface area contributed by atoms with Crippen molar-refractivity contribution in [3.05, 3.63) is 30.1 Å². The summed E-state index contributed by atoms with van der Waals surface area (Å²) in [6.45, 7) is 4.31. The largest absolute Gasteiger partial charge is 0.478 e. The highest BCUT2D eigenvalue weighted by molar-refractivity contribution is 5.96. The molecule has 0 amide bonds. The van der Waals surface area contributed by atoms with Crippen molar-refractivity contribution < 1.29 is 9.90 Å². The topological polar surface area (TPSA) is 66.3 Å². The zero-order chi connectivity index (χ0) is 14.7. The fourth-order valence-electron chi connectivity index (χ4n) is 2.28. The van der Waals surface area contributed by atoms with Crippen molar-refractivity contribution in [1.29, 1.82) is 0 Å². The number of benzene rings is 1. The number of anilines is 1. The third-order valence-corrected chi connectivity index (χ3v) is 3.56. The monoisotopic (exact) mass is 273 g/mol.